The number of fused-ring (bicyclic) bond motifs is 1. The van der Waals surface area contributed by atoms with Gasteiger partial charge in [0, 0.05) is 0 Å². The summed E-state index contributed by atoms with van der Waals surface area (Å²) in [6.07, 6.45) is 0. The quantitative estimate of drug-likeness (QED) is 0.581. The minimum absolute atomic E-state index is 0.0137. The van der Waals surface area contributed by atoms with Gasteiger partial charge in [0.2, 0.25) is 11.7 Å². The molecule has 0 radical (unpaired) electrons. The fourth-order valence-electron chi connectivity index (χ4n) is 3.24. The van der Waals surface area contributed by atoms with E-state index in [1.54, 1.807) is 45.1 Å². The number of thioether (sulfide) groups is 1. The van der Waals surface area contributed by atoms with Crippen LogP contribution in [0.1, 0.15) is 10.9 Å². The fourth-order valence-corrected chi connectivity index (χ4v) is 5.48. The van der Waals surface area contributed by atoms with Gasteiger partial charge in [0.1, 0.15) is 11.1 Å². The number of thiazole rings is 1. The Bertz CT molecular complexity index is 1040. The molecule has 0 bridgehead atoms. The van der Waals surface area contributed by atoms with Crippen molar-refractivity contribution >= 4 is 44.4 Å². The lowest BCUT2D eigenvalue weighted by atomic mass is 10.1. The maximum atomic E-state index is 12.8. The first kappa shape index (κ1) is 19.7. The normalized spacial score (nSPS) is 16.3. The zero-order chi connectivity index (χ0) is 20.5. The maximum absolute atomic E-state index is 12.8. The Labute approximate surface area is 176 Å². The number of rotatable bonds is 6. The van der Waals surface area contributed by atoms with E-state index in [1.807, 2.05) is 30.3 Å². The number of benzene rings is 2. The summed E-state index contributed by atoms with van der Waals surface area (Å²) in [6, 6.07) is 9.44. The second kappa shape index (κ2) is 8.00. The van der Waals surface area contributed by atoms with Crippen LogP contribution in [-0.4, -0.2) is 45.1 Å². The van der Waals surface area contributed by atoms with E-state index < -0.39 is 0 Å². The molecule has 0 N–H and O–H groups in total. The standard InChI is InChI=1S/C20H20N2O5S2/c1-24-12-5-6-13-16(9-12)29-20(21-13)22-17(23)10-28-19(22)11-7-14(25-2)18(27-4)15(8-11)26-3/h5-9,19H,10H2,1-4H3/t19-/m0/s1. The lowest BCUT2D eigenvalue weighted by molar-refractivity contribution is -0.115. The van der Waals surface area contributed by atoms with Crippen molar-refractivity contribution in [3.8, 4) is 23.0 Å². The molecule has 1 saturated heterocycles. The van der Waals surface area contributed by atoms with Gasteiger partial charge in [-0.05, 0) is 35.9 Å². The zero-order valence-electron chi connectivity index (χ0n) is 16.4. The van der Waals surface area contributed by atoms with Crippen LogP contribution in [0.4, 0.5) is 5.13 Å². The Morgan fingerprint density at radius 1 is 1.00 bits per heavy atom. The summed E-state index contributed by atoms with van der Waals surface area (Å²) in [5.74, 6) is 2.77. The van der Waals surface area contributed by atoms with Crippen LogP contribution in [0.2, 0.25) is 0 Å². The summed E-state index contributed by atoms with van der Waals surface area (Å²) in [7, 11) is 6.35. The predicted molar refractivity (Wildman–Crippen MR) is 115 cm³/mol. The van der Waals surface area contributed by atoms with Crippen molar-refractivity contribution in [2.24, 2.45) is 0 Å². The van der Waals surface area contributed by atoms with Crippen LogP contribution in [0.5, 0.6) is 23.0 Å². The fraction of sp³-hybridized carbons (Fsp3) is 0.300. The van der Waals surface area contributed by atoms with Crippen molar-refractivity contribution in [2.75, 3.05) is 39.1 Å². The van der Waals surface area contributed by atoms with Crippen molar-refractivity contribution in [3.63, 3.8) is 0 Å². The lowest BCUT2D eigenvalue weighted by Gasteiger charge is -2.23. The minimum Gasteiger partial charge on any atom is -0.497 e. The highest BCUT2D eigenvalue weighted by Gasteiger charge is 2.37. The van der Waals surface area contributed by atoms with Gasteiger partial charge in [0.05, 0.1) is 44.4 Å². The van der Waals surface area contributed by atoms with Crippen molar-refractivity contribution in [2.45, 2.75) is 5.37 Å². The number of carbonyl (C=O) groups excluding carboxylic acids is 1. The molecule has 1 aromatic heterocycles. The predicted octanol–water partition coefficient (Wildman–Crippen LogP) is 4.11. The molecule has 1 amide bonds. The topological polar surface area (TPSA) is 70.1 Å². The molecule has 0 aliphatic carbocycles. The number of hydrogen-bond acceptors (Lipinski definition) is 8. The molecule has 1 atom stereocenters. The Kier molecular flexibility index (Phi) is 5.42. The second-order valence-corrected chi connectivity index (χ2v) is 8.29. The molecule has 7 nitrogen and oxygen atoms in total. The molecule has 2 heterocycles. The van der Waals surface area contributed by atoms with E-state index in [0.29, 0.717) is 28.1 Å². The molecule has 2 aromatic carbocycles. The van der Waals surface area contributed by atoms with E-state index >= 15 is 0 Å². The van der Waals surface area contributed by atoms with E-state index in [2.05, 4.69) is 4.98 Å². The van der Waals surface area contributed by atoms with E-state index in [4.69, 9.17) is 18.9 Å². The van der Waals surface area contributed by atoms with Crippen molar-refractivity contribution in [1.29, 1.82) is 0 Å². The van der Waals surface area contributed by atoms with Crippen LogP contribution in [0.25, 0.3) is 10.2 Å². The molecule has 152 valence electrons. The summed E-state index contributed by atoms with van der Waals surface area (Å²) < 4.78 is 22.6. The van der Waals surface area contributed by atoms with E-state index in [9.17, 15) is 4.79 Å². The molecule has 3 aromatic rings. The van der Waals surface area contributed by atoms with Crippen LogP contribution in [0, 0.1) is 0 Å². The van der Waals surface area contributed by atoms with Crippen LogP contribution in [0.3, 0.4) is 0 Å². The number of amides is 1. The molecule has 29 heavy (non-hydrogen) atoms. The number of ether oxygens (including phenoxy) is 4. The van der Waals surface area contributed by atoms with Crippen LogP contribution < -0.4 is 23.8 Å². The molecule has 4 rings (SSSR count). The molecule has 1 aliphatic heterocycles. The number of nitrogens with zero attached hydrogens (tertiary/aromatic N) is 2. The third kappa shape index (κ3) is 3.44. The van der Waals surface area contributed by atoms with E-state index in [0.717, 1.165) is 21.5 Å². The Morgan fingerprint density at radius 3 is 2.34 bits per heavy atom. The smallest absolute Gasteiger partial charge is 0.240 e. The Hall–Kier alpha value is -2.65. The summed E-state index contributed by atoms with van der Waals surface area (Å²) in [6.45, 7) is 0. The van der Waals surface area contributed by atoms with Gasteiger partial charge >= 0.3 is 0 Å². The van der Waals surface area contributed by atoms with Crippen LogP contribution in [-0.2, 0) is 4.79 Å². The molecule has 1 fully saturated rings. The van der Waals surface area contributed by atoms with Crippen molar-refractivity contribution in [3.05, 3.63) is 35.9 Å². The molecular weight excluding hydrogens is 412 g/mol. The molecule has 0 spiro atoms. The SMILES string of the molecule is COc1ccc2nc(N3C(=O)CS[C@H]3c3cc(OC)c(OC)c(OC)c3)sc2c1. The minimum atomic E-state index is -0.237. The average molecular weight is 433 g/mol. The number of anilines is 1. The van der Waals surface area contributed by atoms with Gasteiger partial charge in [0.15, 0.2) is 16.6 Å². The summed E-state index contributed by atoms with van der Waals surface area (Å²) in [4.78, 5) is 19.2. The third-order valence-electron chi connectivity index (χ3n) is 4.63. The second-order valence-electron chi connectivity index (χ2n) is 6.22. The summed E-state index contributed by atoms with van der Waals surface area (Å²) in [5, 5.41) is 0.417. The molecule has 0 saturated carbocycles. The third-order valence-corrected chi connectivity index (χ3v) is 6.86. The number of hydrogen-bond donors (Lipinski definition) is 0. The van der Waals surface area contributed by atoms with Gasteiger partial charge in [-0.25, -0.2) is 4.98 Å². The highest BCUT2D eigenvalue weighted by Crippen LogP contribution is 2.48. The van der Waals surface area contributed by atoms with Gasteiger partial charge in [-0.2, -0.15) is 0 Å². The van der Waals surface area contributed by atoms with Gasteiger partial charge in [0.25, 0.3) is 0 Å². The van der Waals surface area contributed by atoms with Gasteiger partial charge in [-0.15, -0.1) is 11.8 Å². The van der Waals surface area contributed by atoms with Gasteiger partial charge in [-0.1, -0.05) is 11.3 Å². The Balaban J connectivity index is 1.77. The maximum Gasteiger partial charge on any atom is 0.240 e. The molecular formula is C20H20N2O5S2. The first-order valence-corrected chi connectivity index (χ1v) is 10.6. The number of methoxy groups -OCH3 is 4. The summed E-state index contributed by atoms with van der Waals surface area (Å²) >= 11 is 3.01. The van der Waals surface area contributed by atoms with Crippen molar-refractivity contribution in [1.82, 2.24) is 4.98 Å². The highest BCUT2D eigenvalue weighted by atomic mass is 32.2. The first-order valence-electron chi connectivity index (χ1n) is 8.77. The lowest BCUT2D eigenvalue weighted by Crippen LogP contribution is -2.27. The summed E-state index contributed by atoms with van der Waals surface area (Å²) in [5.41, 5.74) is 1.71. The number of aromatic nitrogens is 1. The van der Waals surface area contributed by atoms with Crippen LogP contribution >= 0.6 is 23.1 Å². The largest absolute Gasteiger partial charge is 0.497 e. The van der Waals surface area contributed by atoms with Gasteiger partial charge < -0.3 is 18.9 Å². The molecule has 0 unspecified atom stereocenters. The highest BCUT2D eigenvalue weighted by molar-refractivity contribution is 8.00. The van der Waals surface area contributed by atoms with E-state index in [1.165, 1.54) is 11.3 Å². The molecule has 9 heteroatoms. The van der Waals surface area contributed by atoms with Gasteiger partial charge in [-0.3, -0.25) is 9.69 Å². The monoisotopic (exact) mass is 432 g/mol. The van der Waals surface area contributed by atoms with Crippen LogP contribution in [0.15, 0.2) is 30.3 Å². The number of carbonyl (C=O) groups is 1. The Morgan fingerprint density at radius 2 is 1.72 bits per heavy atom. The zero-order valence-corrected chi connectivity index (χ0v) is 18.1. The van der Waals surface area contributed by atoms with E-state index in [-0.39, 0.29) is 11.3 Å². The van der Waals surface area contributed by atoms with Crippen molar-refractivity contribution < 1.29 is 23.7 Å². The first-order chi connectivity index (χ1) is 14.1. The average Bonchev–Trinajstić information content (AvgIpc) is 3.34. The molecule has 1 aliphatic rings.